The zero-order valence-electron chi connectivity index (χ0n) is 10.6. The predicted octanol–water partition coefficient (Wildman–Crippen LogP) is 0.800. The van der Waals surface area contributed by atoms with Crippen molar-refractivity contribution in [1.82, 2.24) is 4.90 Å². The van der Waals surface area contributed by atoms with Crippen molar-refractivity contribution < 1.29 is 15.3 Å². The zero-order valence-corrected chi connectivity index (χ0v) is 12.3. The number of nitrogens with two attached hydrogens (primary N) is 1. The number of rotatable bonds is 3. The summed E-state index contributed by atoms with van der Waals surface area (Å²) in [4.78, 5) is 2.27. The standard InChI is InChI=1S/C12H17FN2.2ClH.2H2O/c13-12-4-2-1-3-11(12)9-15-6-5-10(7-14)8-15;;;;/h1-4,10H,5-9,14H2;2*1H;2*1H2. The second-order valence-corrected chi connectivity index (χ2v) is 4.22. The highest BCUT2D eigenvalue weighted by Crippen LogP contribution is 2.18. The van der Waals surface area contributed by atoms with Gasteiger partial charge in [-0.15, -0.1) is 24.8 Å². The van der Waals surface area contributed by atoms with Crippen molar-refractivity contribution in [2.45, 2.75) is 13.0 Å². The van der Waals surface area contributed by atoms with Crippen molar-refractivity contribution in [3.63, 3.8) is 0 Å². The van der Waals surface area contributed by atoms with Crippen LogP contribution in [0.25, 0.3) is 0 Å². The van der Waals surface area contributed by atoms with Gasteiger partial charge in [-0.05, 0) is 31.5 Å². The van der Waals surface area contributed by atoms with Crippen molar-refractivity contribution >= 4 is 24.8 Å². The zero-order chi connectivity index (χ0) is 10.7. The largest absolute Gasteiger partial charge is 0.412 e. The molecule has 19 heavy (non-hydrogen) atoms. The number of hydrogen-bond acceptors (Lipinski definition) is 2. The van der Waals surface area contributed by atoms with Crippen molar-refractivity contribution in [2.24, 2.45) is 11.7 Å². The minimum Gasteiger partial charge on any atom is -0.412 e. The Morgan fingerprint density at radius 3 is 2.37 bits per heavy atom. The topological polar surface area (TPSA) is 92.3 Å². The number of hydrogen-bond donors (Lipinski definition) is 1. The van der Waals surface area contributed by atoms with Crippen molar-refractivity contribution in [3.05, 3.63) is 35.6 Å². The highest BCUT2D eigenvalue weighted by Gasteiger charge is 2.21. The lowest BCUT2D eigenvalue weighted by Gasteiger charge is -2.15. The van der Waals surface area contributed by atoms with Crippen LogP contribution >= 0.6 is 24.8 Å². The average Bonchev–Trinajstić information content (AvgIpc) is 2.69. The first kappa shape index (κ1) is 23.6. The van der Waals surface area contributed by atoms with Gasteiger partial charge in [0.25, 0.3) is 0 Å². The molecule has 1 unspecified atom stereocenters. The Morgan fingerprint density at radius 1 is 1.21 bits per heavy atom. The highest BCUT2D eigenvalue weighted by atomic mass is 35.5. The minimum atomic E-state index is -0.103. The molecule has 0 saturated carbocycles. The summed E-state index contributed by atoms with van der Waals surface area (Å²) in [5.74, 6) is 0.491. The fourth-order valence-corrected chi connectivity index (χ4v) is 2.12. The lowest BCUT2D eigenvalue weighted by molar-refractivity contribution is 0.312. The van der Waals surface area contributed by atoms with Gasteiger partial charge >= 0.3 is 0 Å². The molecule has 4 nitrogen and oxygen atoms in total. The third kappa shape index (κ3) is 6.51. The number of nitrogens with zero attached hydrogens (tertiary/aromatic N) is 1. The van der Waals surface area contributed by atoms with Crippen molar-refractivity contribution in [3.8, 4) is 0 Å². The van der Waals surface area contributed by atoms with E-state index in [1.807, 2.05) is 12.1 Å². The Labute approximate surface area is 125 Å². The minimum absolute atomic E-state index is 0. The molecule has 1 fully saturated rings. The van der Waals surface area contributed by atoms with Gasteiger partial charge in [-0.3, -0.25) is 4.90 Å². The second kappa shape index (κ2) is 11.4. The Morgan fingerprint density at radius 2 is 1.84 bits per heavy atom. The second-order valence-electron chi connectivity index (χ2n) is 4.22. The number of benzene rings is 1. The Kier molecular flexibility index (Phi) is 14.2. The summed E-state index contributed by atoms with van der Waals surface area (Å²) in [5, 5.41) is 0. The first-order valence-corrected chi connectivity index (χ1v) is 5.45. The van der Waals surface area contributed by atoms with Crippen LogP contribution in [0.4, 0.5) is 4.39 Å². The quantitative estimate of drug-likeness (QED) is 0.893. The maximum Gasteiger partial charge on any atom is 0.127 e. The smallest absolute Gasteiger partial charge is 0.127 e. The van der Waals surface area contributed by atoms with Crippen LogP contribution in [0, 0.1) is 11.7 Å². The Bertz CT molecular complexity index is 345. The predicted molar refractivity (Wildman–Crippen MR) is 80.6 cm³/mol. The van der Waals surface area contributed by atoms with Gasteiger partial charge in [0.15, 0.2) is 0 Å². The van der Waals surface area contributed by atoms with E-state index in [0.717, 1.165) is 31.6 Å². The maximum atomic E-state index is 13.4. The number of likely N-dealkylation sites (tertiary alicyclic amines) is 1. The van der Waals surface area contributed by atoms with Crippen LogP contribution < -0.4 is 5.73 Å². The van der Waals surface area contributed by atoms with Crippen LogP contribution in [0.5, 0.6) is 0 Å². The van der Waals surface area contributed by atoms with Crippen LogP contribution in [0.15, 0.2) is 24.3 Å². The lowest BCUT2D eigenvalue weighted by Crippen LogP contribution is -2.23. The third-order valence-electron chi connectivity index (χ3n) is 3.06. The summed E-state index contributed by atoms with van der Waals surface area (Å²) < 4.78 is 13.4. The molecule has 1 aliphatic rings. The molecule has 0 bridgehead atoms. The SMILES string of the molecule is Cl.Cl.NCC1CCN(Cc2ccccc2F)C1.O.O. The third-order valence-corrected chi connectivity index (χ3v) is 3.06. The molecule has 0 amide bonds. The molecule has 0 spiro atoms. The fourth-order valence-electron chi connectivity index (χ4n) is 2.12. The van der Waals surface area contributed by atoms with Gasteiger partial charge in [0.1, 0.15) is 5.82 Å². The summed E-state index contributed by atoms with van der Waals surface area (Å²) in [7, 11) is 0. The molecule has 1 aromatic carbocycles. The molecule has 1 aliphatic heterocycles. The van der Waals surface area contributed by atoms with Gasteiger partial charge in [-0.1, -0.05) is 18.2 Å². The molecule has 1 aromatic rings. The molecule has 6 N–H and O–H groups in total. The van der Waals surface area contributed by atoms with Crippen molar-refractivity contribution in [2.75, 3.05) is 19.6 Å². The molecule has 0 aliphatic carbocycles. The summed E-state index contributed by atoms with van der Waals surface area (Å²) in [5.41, 5.74) is 6.41. The van der Waals surface area contributed by atoms with Gasteiger partial charge < -0.3 is 16.7 Å². The fraction of sp³-hybridized carbons (Fsp3) is 0.500. The van der Waals surface area contributed by atoms with Gasteiger partial charge in [0.05, 0.1) is 0 Å². The van der Waals surface area contributed by atoms with E-state index in [1.165, 1.54) is 6.07 Å². The van der Waals surface area contributed by atoms with Crippen LogP contribution in [0.3, 0.4) is 0 Å². The molecular weight excluding hydrogens is 294 g/mol. The molecule has 1 heterocycles. The van der Waals surface area contributed by atoms with E-state index in [-0.39, 0.29) is 41.6 Å². The van der Waals surface area contributed by atoms with E-state index >= 15 is 0 Å². The van der Waals surface area contributed by atoms with E-state index in [4.69, 9.17) is 5.73 Å². The van der Waals surface area contributed by atoms with Crippen molar-refractivity contribution in [1.29, 1.82) is 0 Å². The average molecular weight is 317 g/mol. The maximum absolute atomic E-state index is 13.4. The Hall–Kier alpha value is -0.430. The summed E-state index contributed by atoms with van der Waals surface area (Å²) in [6, 6.07) is 6.98. The van der Waals surface area contributed by atoms with Gasteiger partial charge in [0, 0.05) is 18.7 Å². The van der Waals surface area contributed by atoms with Gasteiger partial charge in [-0.2, -0.15) is 0 Å². The molecule has 114 valence electrons. The van der Waals surface area contributed by atoms with E-state index < -0.39 is 0 Å². The molecule has 0 aromatic heterocycles. The van der Waals surface area contributed by atoms with E-state index in [1.54, 1.807) is 6.07 Å². The first-order valence-electron chi connectivity index (χ1n) is 5.45. The molecule has 2 rings (SSSR count). The van der Waals surface area contributed by atoms with Crippen LogP contribution in [0.1, 0.15) is 12.0 Å². The number of halogens is 3. The van der Waals surface area contributed by atoms with Crippen LogP contribution in [-0.4, -0.2) is 35.5 Å². The molecular formula is C12H23Cl2FN2O2. The normalized spacial score (nSPS) is 17.5. The molecule has 1 saturated heterocycles. The van der Waals surface area contributed by atoms with Gasteiger partial charge in [0.2, 0.25) is 0 Å². The van der Waals surface area contributed by atoms with E-state index in [0.29, 0.717) is 12.5 Å². The molecule has 0 radical (unpaired) electrons. The van der Waals surface area contributed by atoms with E-state index in [9.17, 15) is 4.39 Å². The lowest BCUT2D eigenvalue weighted by atomic mass is 10.1. The highest BCUT2D eigenvalue weighted by molar-refractivity contribution is 5.85. The molecule has 1 atom stereocenters. The Balaban J connectivity index is -0.000000640. The summed E-state index contributed by atoms with van der Waals surface area (Å²) in [6.07, 6.45) is 1.14. The molecule has 7 heteroatoms. The van der Waals surface area contributed by atoms with Crippen LogP contribution in [-0.2, 0) is 6.54 Å². The van der Waals surface area contributed by atoms with Crippen LogP contribution in [0.2, 0.25) is 0 Å². The van der Waals surface area contributed by atoms with Gasteiger partial charge in [-0.25, -0.2) is 4.39 Å². The van der Waals surface area contributed by atoms with E-state index in [2.05, 4.69) is 4.90 Å². The summed E-state index contributed by atoms with van der Waals surface area (Å²) in [6.45, 7) is 3.50. The monoisotopic (exact) mass is 316 g/mol. The first-order chi connectivity index (χ1) is 7.29. The summed E-state index contributed by atoms with van der Waals surface area (Å²) >= 11 is 0.